The smallest absolute Gasteiger partial charge is 0.312 e. The first-order chi connectivity index (χ1) is 9.77. The van der Waals surface area contributed by atoms with E-state index in [1.54, 1.807) is 4.90 Å². The van der Waals surface area contributed by atoms with E-state index in [0.29, 0.717) is 12.0 Å². The monoisotopic (exact) mass is 278 g/mol. The van der Waals surface area contributed by atoms with Crippen LogP contribution in [0.4, 0.5) is 0 Å². The Hall–Kier alpha value is -1.06. The Morgan fingerprint density at radius 2 is 1.40 bits per heavy atom. The van der Waals surface area contributed by atoms with Crippen LogP contribution in [0.3, 0.4) is 0 Å². The second-order valence-electron chi connectivity index (χ2n) is 6.61. The van der Waals surface area contributed by atoms with E-state index in [-0.39, 0.29) is 11.8 Å². The molecule has 4 heteroatoms. The highest BCUT2D eigenvalue weighted by atomic mass is 16.2. The maximum absolute atomic E-state index is 12.6. The number of nitrogens with zero attached hydrogens (tertiary/aromatic N) is 2. The highest BCUT2D eigenvalue weighted by Gasteiger charge is 2.39. The Morgan fingerprint density at radius 3 is 2.20 bits per heavy atom. The van der Waals surface area contributed by atoms with E-state index in [9.17, 15) is 9.59 Å². The summed E-state index contributed by atoms with van der Waals surface area (Å²) in [6.45, 7) is 2.33. The van der Waals surface area contributed by atoms with Gasteiger partial charge in [-0.05, 0) is 50.9 Å². The van der Waals surface area contributed by atoms with Crippen molar-refractivity contribution in [2.75, 3.05) is 19.6 Å². The van der Waals surface area contributed by atoms with Crippen molar-refractivity contribution in [1.29, 1.82) is 0 Å². The molecule has 2 amide bonds. The molecule has 0 aromatic carbocycles. The minimum Gasteiger partial charge on any atom is -0.334 e. The first-order valence-corrected chi connectivity index (χ1v) is 8.37. The van der Waals surface area contributed by atoms with E-state index < -0.39 is 0 Å². The van der Waals surface area contributed by atoms with Gasteiger partial charge in [0, 0.05) is 25.7 Å². The van der Waals surface area contributed by atoms with Gasteiger partial charge >= 0.3 is 11.8 Å². The van der Waals surface area contributed by atoms with Crippen LogP contribution in [-0.4, -0.2) is 47.3 Å². The zero-order valence-electron chi connectivity index (χ0n) is 12.4. The number of hydrogen-bond donors (Lipinski definition) is 0. The Kier molecular flexibility index (Phi) is 4.27. The predicted octanol–water partition coefficient (Wildman–Crippen LogP) is 2.18. The highest BCUT2D eigenvalue weighted by molar-refractivity contribution is 6.35. The summed E-state index contributed by atoms with van der Waals surface area (Å²) in [6, 6.07) is 0.346. The van der Waals surface area contributed by atoms with Gasteiger partial charge in [-0.1, -0.05) is 12.8 Å². The van der Waals surface area contributed by atoms with Crippen LogP contribution in [0.25, 0.3) is 0 Å². The van der Waals surface area contributed by atoms with E-state index in [1.165, 1.54) is 32.1 Å². The van der Waals surface area contributed by atoms with E-state index in [4.69, 9.17) is 0 Å². The van der Waals surface area contributed by atoms with Gasteiger partial charge in [-0.2, -0.15) is 0 Å². The summed E-state index contributed by atoms with van der Waals surface area (Å²) in [4.78, 5) is 28.7. The number of carbonyl (C=O) groups excluding carboxylic acids is 2. The van der Waals surface area contributed by atoms with Crippen LogP contribution >= 0.6 is 0 Å². The lowest BCUT2D eigenvalue weighted by atomic mass is 9.78. The predicted molar refractivity (Wildman–Crippen MR) is 77.1 cm³/mol. The normalized spacial score (nSPS) is 30.8. The molecule has 0 radical (unpaired) electrons. The fourth-order valence-corrected chi connectivity index (χ4v) is 4.23. The third-order valence-corrected chi connectivity index (χ3v) is 5.33. The van der Waals surface area contributed by atoms with E-state index in [0.717, 1.165) is 45.3 Å². The van der Waals surface area contributed by atoms with Crippen molar-refractivity contribution >= 4 is 11.8 Å². The third kappa shape index (κ3) is 2.70. The van der Waals surface area contributed by atoms with Crippen molar-refractivity contribution in [3.05, 3.63) is 0 Å². The Morgan fingerprint density at radius 1 is 0.700 bits per heavy atom. The maximum Gasteiger partial charge on any atom is 0.312 e. The summed E-state index contributed by atoms with van der Waals surface area (Å²) in [5.74, 6) is 0.190. The summed E-state index contributed by atoms with van der Waals surface area (Å²) < 4.78 is 0. The summed E-state index contributed by atoms with van der Waals surface area (Å²) in [5.41, 5.74) is 0. The quantitative estimate of drug-likeness (QED) is 0.637. The molecule has 3 fully saturated rings. The van der Waals surface area contributed by atoms with Crippen molar-refractivity contribution < 1.29 is 9.59 Å². The molecule has 20 heavy (non-hydrogen) atoms. The average Bonchev–Trinajstić information content (AvgIpc) is 2.54. The van der Waals surface area contributed by atoms with E-state index in [1.807, 2.05) is 4.90 Å². The zero-order chi connectivity index (χ0) is 13.9. The molecule has 0 bridgehead atoms. The summed E-state index contributed by atoms with van der Waals surface area (Å²) >= 11 is 0. The molecule has 2 atom stereocenters. The average molecular weight is 278 g/mol. The van der Waals surface area contributed by atoms with Gasteiger partial charge in [0.25, 0.3) is 0 Å². The number of hydrogen-bond acceptors (Lipinski definition) is 2. The molecule has 3 aliphatic rings. The Bertz CT molecular complexity index is 375. The molecule has 2 unspecified atom stereocenters. The fourth-order valence-electron chi connectivity index (χ4n) is 4.23. The molecule has 1 saturated carbocycles. The van der Waals surface area contributed by atoms with Crippen LogP contribution in [0.15, 0.2) is 0 Å². The topological polar surface area (TPSA) is 40.6 Å². The number of rotatable bonds is 0. The number of carbonyl (C=O) groups is 2. The molecule has 0 N–H and O–H groups in total. The lowest BCUT2D eigenvalue weighted by molar-refractivity contribution is -0.156. The van der Waals surface area contributed by atoms with Crippen molar-refractivity contribution in [2.45, 2.75) is 63.8 Å². The molecule has 0 aromatic heterocycles. The standard InChI is InChI=1S/C16H26N2O2/c19-15(17-10-4-1-5-11-17)16(20)18-12-6-8-13-7-2-3-9-14(13)18/h13-14H,1-12H2. The molecule has 112 valence electrons. The number of amides is 2. The summed E-state index contributed by atoms with van der Waals surface area (Å²) in [7, 11) is 0. The first kappa shape index (κ1) is 13.9. The van der Waals surface area contributed by atoms with Crippen LogP contribution in [0.5, 0.6) is 0 Å². The Labute approximate surface area is 121 Å². The molecule has 2 saturated heterocycles. The fraction of sp³-hybridized carbons (Fsp3) is 0.875. The second-order valence-corrected chi connectivity index (χ2v) is 6.61. The molecule has 0 aromatic rings. The maximum atomic E-state index is 12.6. The summed E-state index contributed by atoms with van der Waals surface area (Å²) in [6.07, 6.45) is 10.4. The van der Waals surface area contributed by atoms with Gasteiger partial charge in [0.2, 0.25) is 0 Å². The summed E-state index contributed by atoms with van der Waals surface area (Å²) in [5, 5.41) is 0. The second kappa shape index (κ2) is 6.15. The molecule has 0 spiro atoms. The van der Waals surface area contributed by atoms with Crippen LogP contribution in [0.1, 0.15) is 57.8 Å². The van der Waals surface area contributed by atoms with Crippen molar-refractivity contribution in [3.63, 3.8) is 0 Å². The third-order valence-electron chi connectivity index (χ3n) is 5.33. The molecular weight excluding hydrogens is 252 g/mol. The molecule has 2 heterocycles. The molecule has 3 rings (SSSR count). The first-order valence-electron chi connectivity index (χ1n) is 8.37. The van der Waals surface area contributed by atoms with Gasteiger partial charge < -0.3 is 9.80 Å². The van der Waals surface area contributed by atoms with Crippen LogP contribution in [-0.2, 0) is 9.59 Å². The SMILES string of the molecule is O=C(C(=O)N1CCCC2CCCCC21)N1CCCCC1. The van der Waals surface area contributed by atoms with Crippen LogP contribution < -0.4 is 0 Å². The molecule has 1 aliphatic carbocycles. The van der Waals surface area contributed by atoms with Gasteiger partial charge in [-0.3, -0.25) is 9.59 Å². The number of piperidine rings is 2. The Balaban J connectivity index is 1.66. The van der Waals surface area contributed by atoms with Gasteiger partial charge in [-0.25, -0.2) is 0 Å². The number of fused-ring (bicyclic) bond motifs is 1. The minimum atomic E-state index is -0.240. The minimum absolute atomic E-state index is 0.219. The molecule has 4 nitrogen and oxygen atoms in total. The van der Waals surface area contributed by atoms with Gasteiger partial charge in [0.05, 0.1) is 0 Å². The lowest BCUT2D eigenvalue weighted by Crippen LogP contribution is -2.55. The van der Waals surface area contributed by atoms with Crippen molar-refractivity contribution in [3.8, 4) is 0 Å². The van der Waals surface area contributed by atoms with Crippen molar-refractivity contribution in [2.24, 2.45) is 5.92 Å². The number of likely N-dealkylation sites (tertiary alicyclic amines) is 2. The van der Waals surface area contributed by atoms with Crippen molar-refractivity contribution in [1.82, 2.24) is 9.80 Å². The largest absolute Gasteiger partial charge is 0.334 e. The lowest BCUT2D eigenvalue weighted by Gasteiger charge is -2.44. The highest BCUT2D eigenvalue weighted by Crippen LogP contribution is 2.35. The van der Waals surface area contributed by atoms with Crippen LogP contribution in [0, 0.1) is 5.92 Å². The van der Waals surface area contributed by atoms with Crippen LogP contribution in [0.2, 0.25) is 0 Å². The van der Waals surface area contributed by atoms with E-state index in [2.05, 4.69) is 0 Å². The van der Waals surface area contributed by atoms with Gasteiger partial charge in [-0.15, -0.1) is 0 Å². The van der Waals surface area contributed by atoms with Gasteiger partial charge in [0.1, 0.15) is 0 Å². The molecular formula is C16H26N2O2. The van der Waals surface area contributed by atoms with Gasteiger partial charge in [0.15, 0.2) is 0 Å². The molecule has 2 aliphatic heterocycles. The zero-order valence-corrected chi connectivity index (χ0v) is 12.4. The van der Waals surface area contributed by atoms with E-state index >= 15 is 0 Å².